The third-order valence-electron chi connectivity index (χ3n) is 4.48. The molecule has 4 atom stereocenters. The van der Waals surface area contributed by atoms with Crippen molar-refractivity contribution >= 4 is 21.6 Å². The Bertz CT molecular complexity index is 470. The lowest BCUT2D eigenvalue weighted by atomic mass is 9.91. The molecular weight excluding hydrogens is 278 g/mol. The van der Waals surface area contributed by atoms with E-state index in [1.165, 1.54) is 24.9 Å². The average Bonchev–Trinajstić information content (AvgIpc) is 3.02. The van der Waals surface area contributed by atoms with E-state index < -0.39 is 0 Å². The number of benzene rings is 1. The Morgan fingerprint density at radius 1 is 1.12 bits per heavy atom. The zero-order valence-corrected chi connectivity index (χ0v) is 11.0. The van der Waals surface area contributed by atoms with E-state index in [0.717, 1.165) is 16.3 Å². The van der Waals surface area contributed by atoms with Crippen molar-refractivity contribution in [3.05, 3.63) is 28.7 Å². The van der Waals surface area contributed by atoms with Gasteiger partial charge in [-0.1, -0.05) is 21.2 Å². The first kappa shape index (κ1) is 10.1. The maximum Gasteiger partial charge on any atom is 0.0985 e. The molecule has 2 saturated carbocycles. The maximum atomic E-state index is 4.50. The van der Waals surface area contributed by atoms with Crippen LogP contribution in [0.15, 0.2) is 39.1 Å². The fourth-order valence-corrected chi connectivity index (χ4v) is 3.99. The molecule has 1 aliphatic heterocycles. The van der Waals surface area contributed by atoms with Gasteiger partial charge in [-0.3, -0.25) is 0 Å². The topological polar surface area (TPSA) is 28.0 Å². The summed E-state index contributed by atoms with van der Waals surface area (Å²) in [7, 11) is 0. The first-order chi connectivity index (χ1) is 8.33. The molecule has 88 valence electrons. The Hall–Kier alpha value is -0.900. The number of hydrogen-bond donors (Lipinski definition) is 0. The van der Waals surface area contributed by atoms with Crippen LogP contribution in [0, 0.1) is 11.8 Å². The van der Waals surface area contributed by atoms with Gasteiger partial charge in [0.25, 0.3) is 0 Å². The van der Waals surface area contributed by atoms with E-state index in [-0.39, 0.29) is 0 Å². The third-order valence-corrected chi connectivity index (χ3v) is 5.01. The van der Waals surface area contributed by atoms with Gasteiger partial charge in [-0.05, 0) is 55.4 Å². The van der Waals surface area contributed by atoms with E-state index in [4.69, 9.17) is 0 Å². The largest absolute Gasteiger partial charge is 0.242 e. The smallest absolute Gasteiger partial charge is 0.0985 e. The van der Waals surface area contributed by atoms with Gasteiger partial charge in [0.2, 0.25) is 0 Å². The van der Waals surface area contributed by atoms with E-state index >= 15 is 0 Å². The summed E-state index contributed by atoms with van der Waals surface area (Å²) in [6, 6.07) is 9.40. The van der Waals surface area contributed by atoms with Gasteiger partial charge in [-0.25, -0.2) is 5.01 Å². The molecular formula is C13H14BrN3. The zero-order valence-electron chi connectivity index (χ0n) is 9.46. The van der Waals surface area contributed by atoms with Gasteiger partial charge in [0, 0.05) is 4.47 Å². The monoisotopic (exact) mass is 291 g/mol. The van der Waals surface area contributed by atoms with Crippen molar-refractivity contribution in [2.45, 2.75) is 31.3 Å². The van der Waals surface area contributed by atoms with Crippen LogP contribution in [0.1, 0.15) is 19.3 Å². The van der Waals surface area contributed by atoms with Crippen LogP contribution in [0.3, 0.4) is 0 Å². The molecule has 4 rings (SSSR count). The third kappa shape index (κ3) is 1.39. The van der Waals surface area contributed by atoms with Gasteiger partial charge in [0.05, 0.1) is 17.8 Å². The maximum absolute atomic E-state index is 4.50. The Morgan fingerprint density at radius 2 is 1.88 bits per heavy atom. The molecule has 0 N–H and O–H groups in total. The van der Waals surface area contributed by atoms with E-state index in [1.807, 2.05) is 0 Å². The van der Waals surface area contributed by atoms with Crippen molar-refractivity contribution in [3.8, 4) is 0 Å². The molecule has 3 nitrogen and oxygen atoms in total. The fraction of sp³-hybridized carbons (Fsp3) is 0.538. The van der Waals surface area contributed by atoms with Crippen LogP contribution in [-0.2, 0) is 0 Å². The van der Waals surface area contributed by atoms with E-state index in [9.17, 15) is 0 Å². The van der Waals surface area contributed by atoms with Crippen molar-refractivity contribution in [2.24, 2.45) is 22.2 Å². The second-order valence-electron chi connectivity index (χ2n) is 5.34. The number of rotatable bonds is 1. The first-order valence-corrected chi connectivity index (χ1v) is 7.08. The molecule has 2 fully saturated rings. The lowest BCUT2D eigenvalue weighted by molar-refractivity contribution is 0.383. The minimum absolute atomic E-state index is 0.470. The summed E-state index contributed by atoms with van der Waals surface area (Å²) in [4.78, 5) is 0. The summed E-state index contributed by atoms with van der Waals surface area (Å²) in [6.45, 7) is 0. The van der Waals surface area contributed by atoms with Crippen LogP contribution < -0.4 is 5.01 Å². The standard InChI is InChI=1S/C13H14BrN3/c14-10-3-5-11(6-4-10)17-13-9-2-1-8(7-9)12(13)15-16-17/h3-6,8-9,12-13H,1-2,7H2/t8-,9+,12+,13-/m0/s1. The summed E-state index contributed by atoms with van der Waals surface area (Å²) in [6.07, 6.45) is 4.09. The Morgan fingerprint density at radius 3 is 2.71 bits per heavy atom. The number of anilines is 1. The predicted molar refractivity (Wildman–Crippen MR) is 69.9 cm³/mol. The van der Waals surface area contributed by atoms with E-state index in [0.29, 0.717) is 12.1 Å². The fourth-order valence-electron chi connectivity index (χ4n) is 3.73. The molecule has 0 radical (unpaired) electrons. The van der Waals surface area contributed by atoms with Crippen molar-refractivity contribution in [2.75, 3.05) is 5.01 Å². The molecule has 0 amide bonds. The normalized spacial score (nSPS) is 37.8. The molecule has 3 aliphatic rings. The van der Waals surface area contributed by atoms with Gasteiger partial charge in [-0.15, -0.1) is 0 Å². The van der Waals surface area contributed by atoms with Crippen LogP contribution in [0.5, 0.6) is 0 Å². The Kier molecular flexibility index (Phi) is 2.10. The van der Waals surface area contributed by atoms with Crippen LogP contribution in [0.4, 0.5) is 5.69 Å². The van der Waals surface area contributed by atoms with Gasteiger partial charge < -0.3 is 0 Å². The lowest BCUT2D eigenvalue weighted by Gasteiger charge is -2.28. The highest BCUT2D eigenvalue weighted by Gasteiger charge is 2.53. The van der Waals surface area contributed by atoms with Gasteiger partial charge in [0.1, 0.15) is 0 Å². The molecule has 0 unspecified atom stereocenters. The summed E-state index contributed by atoms with van der Waals surface area (Å²) >= 11 is 3.47. The molecule has 0 spiro atoms. The molecule has 4 heteroatoms. The van der Waals surface area contributed by atoms with Crippen LogP contribution in [-0.4, -0.2) is 12.1 Å². The summed E-state index contributed by atoms with van der Waals surface area (Å²) in [5.41, 5.74) is 1.18. The second-order valence-corrected chi connectivity index (χ2v) is 6.26. The second kappa shape index (κ2) is 3.55. The van der Waals surface area contributed by atoms with Gasteiger partial charge >= 0.3 is 0 Å². The molecule has 17 heavy (non-hydrogen) atoms. The summed E-state index contributed by atoms with van der Waals surface area (Å²) in [5, 5.41) is 11.1. The van der Waals surface area contributed by atoms with Crippen molar-refractivity contribution in [3.63, 3.8) is 0 Å². The van der Waals surface area contributed by atoms with Crippen molar-refractivity contribution in [1.29, 1.82) is 0 Å². The van der Waals surface area contributed by atoms with Crippen LogP contribution in [0.2, 0.25) is 0 Å². The molecule has 0 saturated heterocycles. The van der Waals surface area contributed by atoms with Gasteiger partial charge in [-0.2, -0.15) is 5.11 Å². The number of halogens is 1. The minimum atomic E-state index is 0.470. The molecule has 2 aliphatic carbocycles. The van der Waals surface area contributed by atoms with E-state index in [1.54, 1.807) is 0 Å². The van der Waals surface area contributed by atoms with Crippen molar-refractivity contribution in [1.82, 2.24) is 0 Å². The average molecular weight is 292 g/mol. The molecule has 1 heterocycles. The number of nitrogens with zero attached hydrogens (tertiary/aromatic N) is 3. The number of hydrogen-bond acceptors (Lipinski definition) is 3. The molecule has 1 aromatic rings. The Balaban J connectivity index is 1.68. The summed E-state index contributed by atoms with van der Waals surface area (Å²) < 4.78 is 1.11. The zero-order chi connectivity index (χ0) is 11.4. The van der Waals surface area contributed by atoms with Crippen LogP contribution in [0.25, 0.3) is 0 Å². The highest BCUT2D eigenvalue weighted by atomic mass is 79.9. The van der Waals surface area contributed by atoms with E-state index in [2.05, 4.69) is 55.5 Å². The van der Waals surface area contributed by atoms with Crippen molar-refractivity contribution < 1.29 is 0 Å². The molecule has 1 aromatic carbocycles. The van der Waals surface area contributed by atoms with Crippen LogP contribution >= 0.6 is 15.9 Å². The Labute approximate surface area is 109 Å². The highest BCUT2D eigenvalue weighted by molar-refractivity contribution is 9.10. The van der Waals surface area contributed by atoms with Gasteiger partial charge in [0.15, 0.2) is 0 Å². The highest BCUT2D eigenvalue weighted by Crippen LogP contribution is 2.51. The predicted octanol–water partition coefficient (Wildman–Crippen LogP) is 3.80. The minimum Gasteiger partial charge on any atom is -0.242 e. The number of fused-ring (bicyclic) bond motifs is 5. The molecule has 0 aromatic heterocycles. The SMILES string of the molecule is Brc1ccc(N2N=N[C@@H]3[C@H]4CC[C@H](C4)[C@@H]32)cc1. The lowest BCUT2D eigenvalue weighted by Crippen LogP contribution is -2.39. The first-order valence-electron chi connectivity index (χ1n) is 6.28. The summed E-state index contributed by atoms with van der Waals surface area (Å²) in [5.74, 6) is 1.61. The quantitative estimate of drug-likeness (QED) is 0.773. The molecule has 2 bridgehead atoms.